The molecule has 0 bridgehead atoms. The van der Waals surface area contributed by atoms with Crippen molar-refractivity contribution in [2.45, 2.75) is 32.8 Å². The van der Waals surface area contributed by atoms with Crippen LogP contribution < -0.4 is 5.32 Å². The third-order valence-corrected chi connectivity index (χ3v) is 2.80. The lowest BCUT2D eigenvalue weighted by molar-refractivity contribution is 0.174. The Labute approximate surface area is 107 Å². The summed E-state index contributed by atoms with van der Waals surface area (Å²) in [5.74, 6) is -1.15. The highest BCUT2D eigenvalue weighted by Gasteiger charge is 2.10. The number of aliphatic hydroxyl groups is 1. The molecule has 0 aliphatic carbocycles. The van der Waals surface area contributed by atoms with Gasteiger partial charge in [-0.2, -0.15) is 0 Å². The van der Waals surface area contributed by atoms with Gasteiger partial charge in [0, 0.05) is 6.54 Å². The molecular weight excluding hydrogens is 236 g/mol. The lowest BCUT2D eigenvalue weighted by Crippen LogP contribution is -2.22. The molecule has 18 heavy (non-hydrogen) atoms. The van der Waals surface area contributed by atoms with Crippen molar-refractivity contribution in [2.75, 3.05) is 13.1 Å². The molecule has 4 heteroatoms. The number of hydrogen-bond donors (Lipinski definition) is 2. The predicted molar refractivity (Wildman–Crippen MR) is 68.3 cm³/mol. The molecule has 2 nitrogen and oxygen atoms in total. The summed E-state index contributed by atoms with van der Waals surface area (Å²) >= 11 is 0. The van der Waals surface area contributed by atoms with E-state index in [0.717, 1.165) is 31.5 Å². The topological polar surface area (TPSA) is 32.3 Å². The van der Waals surface area contributed by atoms with Crippen LogP contribution >= 0.6 is 0 Å². The molecule has 0 saturated heterocycles. The zero-order valence-electron chi connectivity index (χ0n) is 10.9. The average molecular weight is 257 g/mol. The Bertz CT molecular complexity index is 369. The Morgan fingerprint density at radius 1 is 1.22 bits per heavy atom. The van der Waals surface area contributed by atoms with Gasteiger partial charge in [-0.25, -0.2) is 8.78 Å². The molecule has 1 rings (SSSR count). The maximum atomic E-state index is 13.0. The van der Waals surface area contributed by atoms with Gasteiger partial charge in [-0.15, -0.1) is 0 Å². The van der Waals surface area contributed by atoms with E-state index in [1.807, 2.05) is 0 Å². The number of nitrogens with one attached hydrogen (secondary N) is 1. The van der Waals surface area contributed by atoms with Gasteiger partial charge in [0.15, 0.2) is 11.6 Å². The van der Waals surface area contributed by atoms with Crippen LogP contribution in [0.15, 0.2) is 18.2 Å². The number of rotatable bonds is 7. The van der Waals surface area contributed by atoms with Crippen molar-refractivity contribution < 1.29 is 13.9 Å². The van der Waals surface area contributed by atoms with Crippen LogP contribution in [0.4, 0.5) is 8.78 Å². The summed E-state index contributed by atoms with van der Waals surface area (Å²) < 4.78 is 25.7. The molecule has 0 amide bonds. The van der Waals surface area contributed by atoms with Crippen LogP contribution in [0.2, 0.25) is 0 Å². The van der Waals surface area contributed by atoms with E-state index in [9.17, 15) is 13.9 Å². The highest BCUT2D eigenvalue weighted by Crippen LogP contribution is 2.15. The third-order valence-electron chi connectivity index (χ3n) is 2.80. The highest BCUT2D eigenvalue weighted by molar-refractivity contribution is 5.20. The van der Waals surface area contributed by atoms with Crippen molar-refractivity contribution in [1.82, 2.24) is 5.32 Å². The Morgan fingerprint density at radius 3 is 2.56 bits per heavy atom. The van der Waals surface area contributed by atoms with Gasteiger partial charge in [0.05, 0.1) is 6.10 Å². The molecule has 0 fully saturated rings. The SMILES string of the molecule is CC(C)CCCNCC(O)c1ccc(F)c(F)c1. The normalized spacial score (nSPS) is 13.0. The molecule has 0 aliphatic rings. The third kappa shape index (κ3) is 5.10. The van der Waals surface area contributed by atoms with E-state index in [1.54, 1.807) is 0 Å². The fourth-order valence-corrected chi connectivity index (χ4v) is 1.71. The monoisotopic (exact) mass is 257 g/mol. The molecule has 0 aromatic heterocycles. The minimum absolute atomic E-state index is 0.350. The first kappa shape index (κ1) is 15.1. The fourth-order valence-electron chi connectivity index (χ4n) is 1.71. The number of benzene rings is 1. The van der Waals surface area contributed by atoms with E-state index < -0.39 is 17.7 Å². The van der Waals surface area contributed by atoms with E-state index in [2.05, 4.69) is 19.2 Å². The maximum Gasteiger partial charge on any atom is 0.159 e. The lowest BCUT2D eigenvalue weighted by Gasteiger charge is -2.13. The first-order valence-electron chi connectivity index (χ1n) is 6.34. The molecule has 1 unspecified atom stereocenters. The Morgan fingerprint density at radius 2 is 1.94 bits per heavy atom. The minimum Gasteiger partial charge on any atom is -0.387 e. The van der Waals surface area contributed by atoms with Crippen molar-refractivity contribution in [3.63, 3.8) is 0 Å². The fraction of sp³-hybridized carbons (Fsp3) is 0.571. The average Bonchev–Trinajstić information content (AvgIpc) is 2.31. The first-order chi connectivity index (χ1) is 8.50. The summed E-state index contributed by atoms with van der Waals surface area (Å²) in [7, 11) is 0. The second-order valence-electron chi connectivity index (χ2n) is 4.93. The van der Waals surface area contributed by atoms with Gasteiger partial charge in [-0.1, -0.05) is 19.9 Å². The zero-order valence-corrected chi connectivity index (χ0v) is 10.9. The van der Waals surface area contributed by atoms with E-state index >= 15 is 0 Å². The van der Waals surface area contributed by atoms with Crippen LogP contribution in [-0.2, 0) is 0 Å². The molecule has 1 aromatic rings. The van der Waals surface area contributed by atoms with Gasteiger partial charge in [0.1, 0.15) is 0 Å². The Kier molecular flexibility index (Phi) is 6.22. The summed E-state index contributed by atoms with van der Waals surface area (Å²) in [5, 5.41) is 12.9. The van der Waals surface area contributed by atoms with Crippen LogP contribution in [0.25, 0.3) is 0 Å². The van der Waals surface area contributed by atoms with Gasteiger partial charge in [0.2, 0.25) is 0 Å². The van der Waals surface area contributed by atoms with E-state index in [0.29, 0.717) is 18.0 Å². The van der Waals surface area contributed by atoms with Crippen molar-refractivity contribution in [3.8, 4) is 0 Å². The summed E-state index contributed by atoms with van der Waals surface area (Å²) in [5.41, 5.74) is 0.394. The van der Waals surface area contributed by atoms with Gasteiger partial charge >= 0.3 is 0 Å². The number of hydrogen-bond acceptors (Lipinski definition) is 2. The Hall–Kier alpha value is -1.00. The molecule has 0 radical (unpaired) electrons. The van der Waals surface area contributed by atoms with Crippen molar-refractivity contribution in [1.29, 1.82) is 0 Å². The van der Waals surface area contributed by atoms with Gasteiger partial charge in [-0.3, -0.25) is 0 Å². The van der Waals surface area contributed by atoms with Crippen LogP contribution in [0.1, 0.15) is 38.4 Å². The smallest absolute Gasteiger partial charge is 0.159 e. The Balaban J connectivity index is 2.31. The first-order valence-corrected chi connectivity index (χ1v) is 6.34. The predicted octanol–water partition coefficient (Wildman–Crippen LogP) is 3.02. The number of aliphatic hydroxyl groups excluding tert-OH is 1. The van der Waals surface area contributed by atoms with Crippen LogP contribution in [0.3, 0.4) is 0 Å². The van der Waals surface area contributed by atoms with E-state index in [-0.39, 0.29) is 0 Å². The molecule has 0 heterocycles. The van der Waals surface area contributed by atoms with Gasteiger partial charge in [0.25, 0.3) is 0 Å². The number of halogens is 2. The molecule has 0 spiro atoms. The second-order valence-corrected chi connectivity index (χ2v) is 4.93. The van der Waals surface area contributed by atoms with Crippen LogP contribution in [-0.4, -0.2) is 18.2 Å². The highest BCUT2D eigenvalue weighted by atomic mass is 19.2. The summed E-state index contributed by atoms with van der Waals surface area (Å²) in [6.45, 7) is 5.49. The molecule has 2 N–H and O–H groups in total. The molecule has 0 aliphatic heterocycles. The molecule has 0 saturated carbocycles. The van der Waals surface area contributed by atoms with Gasteiger partial charge < -0.3 is 10.4 Å². The van der Waals surface area contributed by atoms with Crippen molar-refractivity contribution in [3.05, 3.63) is 35.4 Å². The van der Waals surface area contributed by atoms with Crippen molar-refractivity contribution in [2.24, 2.45) is 5.92 Å². The largest absolute Gasteiger partial charge is 0.387 e. The molecule has 102 valence electrons. The van der Waals surface area contributed by atoms with Crippen molar-refractivity contribution >= 4 is 0 Å². The standard InChI is InChI=1S/C14H21F2NO/c1-10(2)4-3-7-17-9-14(18)11-5-6-12(15)13(16)8-11/h5-6,8,10,14,17-18H,3-4,7,9H2,1-2H3. The lowest BCUT2D eigenvalue weighted by atomic mass is 10.1. The quantitative estimate of drug-likeness (QED) is 0.736. The summed E-state index contributed by atoms with van der Waals surface area (Å²) in [4.78, 5) is 0. The van der Waals surface area contributed by atoms with Crippen LogP contribution in [0.5, 0.6) is 0 Å². The second kappa shape index (κ2) is 7.44. The zero-order chi connectivity index (χ0) is 13.5. The van der Waals surface area contributed by atoms with E-state index in [4.69, 9.17) is 0 Å². The molecule has 1 aromatic carbocycles. The summed E-state index contributed by atoms with van der Waals surface area (Å²) in [6, 6.07) is 3.47. The van der Waals surface area contributed by atoms with E-state index in [1.165, 1.54) is 6.07 Å². The molecular formula is C14H21F2NO. The minimum atomic E-state index is -0.925. The van der Waals surface area contributed by atoms with Gasteiger partial charge in [-0.05, 0) is 43.0 Å². The van der Waals surface area contributed by atoms with Crippen LogP contribution in [0, 0.1) is 17.6 Å². The maximum absolute atomic E-state index is 13.0. The summed E-state index contributed by atoms with van der Waals surface area (Å²) in [6.07, 6.45) is 1.37. The molecule has 1 atom stereocenters.